The normalized spacial score (nSPS) is 11.7. The van der Waals surface area contributed by atoms with Gasteiger partial charge in [-0.05, 0) is 42.0 Å². The Morgan fingerprint density at radius 1 is 1.03 bits per heavy atom. The van der Waals surface area contributed by atoms with Crippen LogP contribution in [0.25, 0.3) is 21.9 Å². The van der Waals surface area contributed by atoms with Gasteiger partial charge in [-0.15, -0.1) is 0 Å². The lowest BCUT2D eigenvalue weighted by Gasteiger charge is -2.12. The highest BCUT2D eigenvalue weighted by atomic mass is 19.4. The summed E-state index contributed by atoms with van der Waals surface area (Å²) in [5, 5.41) is 3.20. The maximum atomic E-state index is 13.6. The van der Waals surface area contributed by atoms with E-state index in [1.165, 1.54) is 23.0 Å². The van der Waals surface area contributed by atoms with Crippen molar-refractivity contribution in [3.8, 4) is 5.75 Å². The van der Waals surface area contributed by atoms with Gasteiger partial charge in [-0.1, -0.05) is 36.4 Å². The zero-order valence-electron chi connectivity index (χ0n) is 19.6. The van der Waals surface area contributed by atoms with Crippen LogP contribution in [0.4, 0.5) is 18.9 Å². The summed E-state index contributed by atoms with van der Waals surface area (Å²) in [6.45, 7) is -0.0343. The number of methoxy groups -OCH3 is 1. The molecule has 0 aliphatic rings. The standard InChI is InChI=1S/C27H21F3N4O3/c1-37-20-11-9-17(10-12-20)14-33-16-31-24-21-7-2-3-8-22(21)34(25(24)26(33)36)15-23(35)32-19-6-4-5-18(13-19)27(28,29)30/h2-13,16H,14-15H2,1H3,(H,32,35). The monoisotopic (exact) mass is 506 g/mol. The lowest BCUT2D eigenvalue weighted by atomic mass is 10.2. The molecule has 2 aromatic heterocycles. The third-order valence-electron chi connectivity index (χ3n) is 6.02. The fourth-order valence-corrected chi connectivity index (χ4v) is 4.27. The molecule has 0 atom stereocenters. The molecule has 0 unspecified atom stereocenters. The van der Waals surface area contributed by atoms with Crippen LogP contribution in [0.5, 0.6) is 5.75 Å². The molecule has 0 aliphatic heterocycles. The minimum Gasteiger partial charge on any atom is -0.497 e. The topological polar surface area (TPSA) is 78.2 Å². The Labute approximate surface area is 208 Å². The molecule has 1 amide bonds. The van der Waals surface area contributed by atoms with Gasteiger partial charge >= 0.3 is 6.18 Å². The van der Waals surface area contributed by atoms with Crippen molar-refractivity contribution in [1.29, 1.82) is 0 Å². The Morgan fingerprint density at radius 2 is 1.78 bits per heavy atom. The Bertz CT molecular complexity index is 1670. The van der Waals surface area contributed by atoms with Crippen LogP contribution in [0.3, 0.4) is 0 Å². The van der Waals surface area contributed by atoms with Gasteiger partial charge in [-0.2, -0.15) is 13.2 Å². The maximum absolute atomic E-state index is 13.6. The summed E-state index contributed by atoms with van der Waals surface area (Å²) in [6.07, 6.45) is -3.07. The number of nitrogens with one attached hydrogen (secondary N) is 1. The quantitative estimate of drug-likeness (QED) is 0.349. The molecule has 0 fully saturated rings. The van der Waals surface area contributed by atoms with Crippen LogP contribution in [0, 0.1) is 0 Å². The van der Waals surface area contributed by atoms with Crippen LogP contribution in [-0.2, 0) is 24.1 Å². The molecular formula is C27H21F3N4O3. The second kappa shape index (κ2) is 9.45. The molecule has 0 saturated carbocycles. The van der Waals surface area contributed by atoms with E-state index in [1.54, 1.807) is 48.1 Å². The van der Waals surface area contributed by atoms with E-state index in [0.717, 1.165) is 17.7 Å². The minimum atomic E-state index is -4.53. The number of rotatable bonds is 6. The molecule has 0 bridgehead atoms. The van der Waals surface area contributed by atoms with Gasteiger partial charge in [0, 0.05) is 11.1 Å². The average Bonchev–Trinajstić information content (AvgIpc) is 3.20. The van der Waals surface area contributed by atoms with Crippen molar-refractivity contribution < 1.29 is 22.7 Å². The van der Waals surface area contributed by atoms with Crippen molar-refractivity contribution in [3.63, 3.8) is 0 Å². The summed E-state index contributed by atoms with van der Waals surface area (Å²) in [5.41, 5.74) is 0.944. The van der Waals surface area contributed by atoms with Gasteiger partial charge in [0.2, 0.25) is 5.91 Å². The molecule has 188 valence electrons. The van der Waals surface area contributed by atoms with E-state index in [1.807, 2.05) is 12.1 Å². The molecule has 0 saturated heterocycles. The second-order valence-corrected chi connectivity index (χ2v) is 8.45. The number of hydrogen-bond acceptors (Lipinski definition) is 4. The summed E-state index contributed by atoms with van der Waals surface area (Å²) >= 11 is 0. The number of amides is 1. The largest absolute Gasteiger partial charge is 0.497 e. The summed E-state index contributed by atoms with van der Waals surface area (Å²) < 4.78 is 47.4. The average molecular weight is 506 g/mol. The Balaban J connectivity index is 1.52. The molecule has 37 heavy (non-hydrogen) atoms. The number of alkyl halides is 3. The first-order valence-electron chi connectivity index (χ1n) is 11.3. The van der Waals surface area contributed by atoms with Crippen LogP contribution in [0.2, 0.25) is 0 Å². The van der Waals surface area contributed by atoms with E-state index in [4.69, 9.17) is 4.74 Å². The summed E-state index contributed by atoms with van der Waals surface area (Å²) in [4.78, 5) is 31.0. The van der Waals surface area contributed by atoms with E-state index in [0.29, 0.717) is 22.2 Å². The van der Waals surface area contributed by atoms with Crippen molar-refractivity contribution in [3.05, 3.63) is 101 Å². The zero-order valence-corrected chi connectivity index (χ0v) is 19.6. The van der Waals surface area contributed by atoms with Crippen molar-refractivity contribution in [2.24, 2.45) is 0 Å². The van der Waals surface area contributed by atoms with Gasteiger partial charge in [0.15, 0.2) is 0 Å². The Morgan fingerprint density at radius 3 is 2.51 bits per heavy atom. The number of carbonyl (C=O) groups excluding carboxylic acids is 1. The van der Waals surface area contributed by atoms with Crippen molar-refractivity contribution in [2.75, 3.05) is 12.4 Å². The smallest absolute Gasteiger partial charge is 0.416 e. The number of aromatic nitrogens is 3. The van der Waals surface area contributed by atoms with Gasteiger partial charge in [0.05, 0.1) is 31.1 Å². The maximum Gasteiger partial charge on any atom is 0.416 e. The van der Waals surface area contributed by atoms with Crippen LogP contribution in [0.15, 0.2) is 83.9 Å². The molecule has 10 heteroatoms. The summed E-state index contributed by atoms with van der Waals surface area (Å²) in [5.74, 6) is 0.114. The minimum absolute atomic E-state index is 0.00985. The van der Waals surface area contributed by atoms with E-state index in [9.17, 15) is 22.8 Å². The number of hydrogen-bond donors (Lipinski definition) is 1. The highest BCUT2D eigenvalue weighted by Gasteiger charge is 2.30. The number of carbonyl (C=O) groups is 1. The molecule has 1 N–H and O–H groups in total. The number of benzene rings is 3. The zero-order chi connectivity index (χ0) is 26.2. The van der Waals surface area contributed by atoms with Gasteiger partial charge < -0.3 is 14.6 Å². The van der Waals surface area contributed by atoms with E-state index < -0.39 is 17.6 Å². The third kappa shape index (κ3) is 4.77. The van der Waals surface area contributed by atoms with Gasteiger partial charge in [0.25, 0.3) is 5.56 Å². The molecule has 5 rings (SSSR count). The fourth-order valence-electron chi connectivity index (χ4n) is 4.27. The molecule has 0 radical (unpaired) electrons. The summed E-state index contributed by atoms with van der Waals surface area (Å²) in [6, 6.07) is 18.8. The van der Waals surface area contributed by atoms with E-state index >= 15 is 0 Å². The van der Waals surface area contributed by atoms with Crippen LogP contribution >= 0.6 is 0 Å². The number of halogens is 3. The first kappa shape index (κ1) is 24.1. The van der Waals surface area contributed by atoms with Gasteiger partial charge in [-0.3, -0.25) is 14.2 Å². The van der Waals surface area contributed by atoms with Crippen molar-refractivity contribution >= 4 is 33.5 Å². The summed E-state index contributed by atoms with van der Waals surface area (Å²) in [7, 11) is 1.57. The van der Waals surface area contributed by atoms with Crippen molar-refractivity contribution in [1.82, 2.24) is 14.1 Å². The third-order valence-corrected chi connectivity index (χ3v) is 6.02. The van der Waals surface area contributed by atoms with E-state index in [2.05, 4.69) is 10.3 Å². The predicted molar refractivity (Wildman–Crippen MR) is 134 cm³/mol. The predicted octanol–water partition coefficient (Wildman–Crippen LogP) is 5.07. The molecule has 7 nitrogen and oxygen atoms in total. The first-order chi connectivity index (χ1) is 17.7. The number of anilines is 1. The molecule has 3 aromatic carbocycles. The number of nitrogens with zero attached hydrogens (tertiary/aromatic N) is 3. The van der Waals surface area contributed by atoms with E-state index in [-0.39, 0.29) is 29.9 Å². The van der Waals surface area contributed by atoms with Crippen LogP contribution < -0.4 is 15.6 Å². The number of para-hydroxylation sites is 1. The SMILES string of the molecule is COc1ccc(Cn2cnc3c4ccccc4n(CC(=O)Nc4cccc(C(F)(F)F)c4)c3c2=O)cc1. The fraction of sp³-hybridized carbons (Fsp3) is 0.148. The molecule has 0 spiro atoms. The van der Waals surface area contributed by atoms with Crippen LogP contribution in [-0.4, -0.2) is 27.1 Å². The van der Waals surface area contributed by atoms with Gasteiger partial charge in [-0.25, -0.2) is 4.98 Å². The highest BCUT2D eigenvalue weighted by Crippen LogP contribution is 2.31. The second-order valence-electron chi connectivity index (χ2n) is 8.45. The van der Waals surface area contributed by atoms with Crippen LogP contribution in [0.1, 0.15) is 11.1 Å². The highest BCUT2D eigenvalue weighted by molar-refractivity contribution is 6.06. The molecule has 5 aromatic rings. The van der Waals surface area contributed by atoms with Gasteiger partial charge in [0.1, 0.15) is 23.3 Å². The first-order valence-corrected chi connectivity index (χ1v) is 11.3. The lowest BCUT2D eigenvalue weighted by molar-refractivity contribution is -0.137. The Hall–Kier alpha value is -4.60. The number of ether oxygens (including phenoxy) is 1. The van der Waals surface area contributed by atoms with Crippen molar-refractivity contribution in [2.45, 2.75) is 19.3 Å². The lowest BCUT2D eigenvalue weighted by Crippen LogP contribution is -2.25. The Kier molecular flexibility index (Phi) is 6.16. The number of fused-ring (bicyclic) bond motifs is 3. The molecular weight excluding hydrogens is 485 g/mol. The molecule has 0 aliphatic carbocycles. The molecule has 2 heterocycles.